The van der Waals surface area contributed by atoms with Gasteiger partial charge in [0.1, 0.15) is 6.07 Å². The number of aliphatic imine (C=N–C) groups is 1. The molecule has 1 aromatic rings. The van der Waals surface area contributed by atoms with Gasteiger partial charge in [-0.25, -0.2) is 10.5 Å². The van der Waals surface area contributed by atoms with Crippen LogP contribution in [0.2, 0.25) is 0 Å². The van der Waals surface area contributed by atoms with E-state index in [0.29, 0.717) is 5.69 Å². The second-order valence-corrected chi connectivity index (χ2v) is 2.46. The van der Waals surface area contributed by atoms with Crippen molar-refractivity contribution in [3.8, 4) is 6.07 Å². The first-order valence-corrected chi connectivity index (χ1v) is 3.80. The third-order valence-corrected chi connectivity index (χ3v) is 1.51. The Kier molecular flexibility index (Phi) is 3.32. The zero-order valence-electron chi connectivity index (χ0n) is 7.41. The van der Waals surface area contributed by atoms with Crippen LogP contribution in [0.1, 0.15) is 0 Å². The van der Waals surface area contributed by atoms with Crippen molar-refractivity contribution in [3.63, 3.8) is 0 Å². The molecular formula is C8H6N4O3. The van der Waals surface area contributed by atoms with E-state index in [0.717, 1.165) is 0 Å². The number of nitrogens with one attached hydrogen (secondary N) is 1. The van der Waals surface area contributed by atoms with Gasteiger partial charge in [-0.15, -0.1) is 0 Å². The zero-order chi connectivity index (χ0) is 11.3. The van der Waals surface area contributed by atoms with Crippen LogP contribution in [-0.2, 0) is 0 Å². The molecular weight excluding hydrogens is 200 g/mol. The van der Waals surface area contributed by atoms with Gasteiger partial charge in [0.05, 0.1) is 10.6 Å². The van der Waals surface area contributed by atoms with Crippen LogP contribution in [0, 0.1) is 21.4 Å². The molecule has 0 aliphatic heterocycles. The largest absolute Gasteiger partial charge is 0.289 e. The third-order valence-electron chi connectivity index (χ3n) is 1.51. The number of nitriles is 1. The van der Waals surface area contributed by atoms with Crippen molar-refractivity contribution in [1.82, 2.24) is 5.48 Å². The van der Waals surface area contributed by atoms with E-state index >= 15 is 0 Å². The molecule has 7 heteroatoms. The fraction of sp³-hybridized carbons (Fsp3) is 0. The van der Waals surface area contributed by atoms with Crippen molar-refractivity contribution in [2.45, 2.75) is 0 Å². The van der Waals surface area contributed by atoms with E-state index in [1.54, 1.807) is 11.5 Å². The first kappa shape index (κ1) is 10.6. The van der Waals surface area contributed by atoms with Gasteiger partial charge in [-0.2, -0.15) is 5.26 Å². The highest BCUT2D eigenvalue weighted by Gasteiger charge is 2.03. The topological polar surface area (TPSA) is 112 Å². The maximum atomic E-state index is 10.3. The molecule has 15 heavy (non-hydrogen) atoms. The molecule has 0 saturated heterocycles. The quantitative estimate of drug-likeness (QED) is 0.326. The zero-order valence-corrected chi connectivity index (χ0v) is 7.41. The van der Waals surface area contributed by atoms with Gasteiger partial charge >= 0.3 is 0 Å². The van der Waals surface area contributed by atoms with Crippen LogP contribution >= 0.6 is 0 Å². The average molecular weight is 206 g/mol. The van der Waals surface area contributed by atoms with E-state index in [1.165, 1.54) is 24.3 Å². The van der Waals surface area contributed by atoms with E-state index in [-0.39, 0.29) is 11.5 Å². The highest BCUT2D eigenvalue weighted by molar-refractivity contribution is 5.97. The summed E-state index contributed by atoms with van der Waals surface area (Å²) in [5.74, 6) is -0.288. The number of amidine groups is 1. The molecule has 0 bridgehead atoms. The number of nitro groups is 1. The number of non-ortho nitro benzene ring substituents is 1. The Morgan fingerprint density at radius 3 is 2.53 bits per heavy atom. The molecule has 0 unspecified atom stereocenters. The van der Waals surface area contributed by atoms with Crippen LogP contribution in [0.5, 0.6) is 0 Å². The highest BCUT2D eigenvalue weighted by Crippen LogP contribution is 2.17. The monoisotopic (exact) mass is 206 g/mol. The van der Waals surface area contributed by atoms with Gasteiger partial charge in [-0.05, 0) is 12.1 Å². The Morgan fingerprint density at radius 2 is 2.13 bits per heavy atom. The van der Waals surface area contributed by atoms with Crippen molar-refractivity contribution in [2.75, 3.05) is 0 Å². The minimum Gasteiger partial charge on any atom is -0.289 e. The van der Waals surface area contributed by atoms with Crippen LogP contribution in [0.15, 0.2) is 29.3 Å². The molecule has 1 aromatic carbocycles. The normalized spacial score (nSPS) is 10.5. The predicted molar refractivity (Wildman–Crippen MR) is 50.7 cm³/mol. The molecule has 0 aromatic heterocycles. The van der Waals surface area contributed by atoms with Crippen molar-refractivity contribution in [3.05, 3.63) is 34.4 Å². The molecule has 7 nitrogen and oxygen atoms in total. The molecule has 76 valence electrons. The van der Waals surface area contributed by atoms with Crippen molar-refractivity contribution in [1.29, 1.82) is 5.26 Å². The molecule has 2 N–H and O–H groups in total. The lowest BCUT2D eigenvalue weighted by molar-refractivity contribution is -0.384. The molecule has 0 saturated carbocycles. The smallest absolute Gasteiger partial charge is 0.269 e. The van der Waals surface area contributed by atoms with Gasteiger partial charge in [0.25, 0.3) is 5.69 Å². The second kappa shape index (κ2) is 4.69. The number of nitrogens with zero attached hydrogens (tertiary/aromatic N) is 3. The van der Waals surface area contributed by atoms with Gasteiger partial charge in [-0.1, -0.05) is 0 Å². The summed E-state index contributed by atoms with van der Waals surface area (Å²) >= 11 is 0. The van der Waals surface area contributed by atoms with Crippen molar-refractivity contribution >= 4 is 17.2 Å². The second-order valence-electron chi connectivity index (χ2n) is 2.46. The van der Waals surface area contributed by atoms with Gasteiger partial charge in [0.2, 0.25) is 5.84 Å². The maximum absolute atomic E-state index is 10.3. The molecule has 0 aliphatic carbocycles. The van der Waals surface area contributed by atoms with E-state index < -0.39 is 4.92 Å². The number of hydrogen-bond acceptors (Lipinski definition) is 5. The molecule has 1 rings (SSSR count). The lowest BCUT2D eigenvalue weighted by Crippen LogP contribution is -2.15. The Labute approximate surface area is 84.4 Å². The van der Waals surface area contributed by atoms with Gasteiger partial charge in [0.15, 0.2) is 0 Å². The molecule has 0 heterocycles. The molecule has 0 fully saturated rings. The van der Waals surface area contributed by atoms with Crippen LogP contribution in [0.4, 0.5) is 11.4 Å². The minimum atomic E-state index is -0.539. The molecule has 0 atom stereocenters. The predicted octanol–water partition coefficient (Wildman–Crippen LogP) is 1.13. The van der Waals surface area contributed by atoms with Crippen LogP contribution < -0.4 is 5.48 Å². The summed E-state index contributed by atoms with van der Waals surface area (Å²) in [6, 6.07) is 6.84. The van der Waals surface area contributed by atoms with E-state index in [2.05, 4.69) is 4.99 Å². The van der Waals surface area contributed by atoms with Crippen LogP contribution in [0.25, 0.3) is 0 Å². The summed E-state index contributed by atoms with van der Waals surface area (Å²) in [7, 11) is 0. The number of hydrogen-bond donors (Lipinski definition) is 2. The number of benzene rings is 1. The SMILES string of the molecule is N#CC(=Nc1ccc([N+](=O)[O-])cc1)NO. The molecule has 0 radical (unpaired) electrons. The highest BCUT2D eigenvalue weighted by atomic mass is 16.6. The number of rotatable bonds is 2. The maximum Gasteiger partial charge on any atom is 0.269 e. The number of nitro benzene ring substituents is 1. The summed E-state index contributed by atoms with van der Waals surface area (Å²) in [6.45, 7) is 0. The van der Waals surface area contributed by atoms with Crippen molar-refractivity contribution in [2.24, 2.45) is 4.99 Å². The summed E-state index contributed by atoms with van der Waals surface area (Å²) < 4.78 is 0. The fourth-order valence-corrected chi connectivity index (χ4v) is 0.853. The first-order chi connectivity index (χ1) is 7.17. The Hall–Kier alpha value is -2.46. The number of hydroxylamine groups is 1. The minimum absolute atomic E-state index is 0.0654. The fourth-order valence-electron chi connectivity index (χ4n) is 0.853. The van der Waals surface area contributed by atoms with Crippen LogP contribution in [-0.4, -0.2) is 16.0 Å². The van der Waals surface area contributed by atoms with E-state index in [1.807, 2.05) is 0 Å². The van der Waals surface area contributed by atoms with Gasteiger partial charge in [-0.3, -0.25) is 15.3 Å². The Morgan fingerprint density at radius 1 is 1.53 bits per heavy atom. The molecule has 0 amide bonds. The first-order valence-electron chi connectivity index (χ1n) is 3.80. The van der Waals surface area contributed by atoms with Gasteiger partial charge in [0, 0.05) is 12.1 Å². The summed E-state index contributed by atoms with van der Waals surface area (Å²) in [5.41, 5.74) is 1.86. The average Bonchev–Trinajstić information content (AvgIpc) is 2.26. The van der Waals surface area contributed by atoms with E-state index in [9.17, 15) is 10.1 Å². The van der Waals surface area contributed by atoms with Crippen molar-refractivity contribution < 1.29 is 10.1 Å². The van der Waals surface area contributed by atoms with Gasteiger partial charge < -0.3 is 0 Å². The standard InChI is InChI=1S/C8H6N4O3/c9-5-8(11-13)10-6-1-3-7(4-2-6)12(14)15/h1-4,13H,(H,10,11). The third kappa shape index (κ3) is 2.75. The summed E-state index contributed by atoms with van der Waals surface area (Å²) in [5, 5.41) is 27.1. The lowest BCUT2D eigenvalue weighted by Gasteiger charge is -1.95. The summed E-state index contributed by atoms with van der Waals surface area (Å²) in [4.78, 5) is 13.4. The van der Waals surface area contributed by atoms with Crippen LogP contribution in [0.3, 0.4) is 0 Å². The summed E-state index contributed by atoms with van der Waals surface area (Å²) in [6.07, 6.45) is 0. The molecule has 0 spiro atoms. The Bertz CT molecular complexity index is 432. The lowest BCUT2D eigenvalue weighted by atomic mass is 10.3. The van der Waals surface area contributed by atoms with E-state index in [4.69, 9.17) is 10.5 Å². The molecule has 0 aliphatic rings. The Balaban J connectivity index is 2.95.